The molecule has 0 radical (unpaired) electrons. The summed E-state index contributed by atoms with van der Waals surface area (Å²) in [6.07, 6.45) is 6.64. The highest BCUT2D eigenvalue weighted by atomic mass is 16.2. The Kier molecular flexibility index (Phi) is 5.01. The molecular weight excluding hydrogens is 278 g/mol. The summed E-state index contributed by atoms with van der Waals surface area (Å²) < 4.78 is 0. The lowest BCUT2D eigenvalue weighted by Crippen LogP contribution is -2.47. The van der Waals surface area contributed by atoms with E-state index in [9.17, 15) is 9.59 Å². The number of carbonyl (C=O) groups excluding carboxylic acids is 2. The van der Waals surface area contributed by atoms with Crippen molar-refractivity contribution in [3.63, 3.8) is 0 Å². The van der Waals surface area contributed by atoms with Gasteiger partial charge in [-0.2, -0.15) is 0 Å². The topological polar surface area (TPSA) is 61.4 Å². The van der Waals surface area contributed by atoms with Crippen molar-refractivity contribution in [2.75, 3.05) is 26.2 Å². The van der Waals surface area contributed by atoms with E-state index in [0.717, 1.165) is 45.3 Å². The van der Waals surface area contributed by atoms with Gasteiger partial charge in [0, 0.05) is 25.6 Å². The minimum Gasteiger partial charge on any atom is -0.354 e. The minimum atomic E-state index is -0.00351. The minimum absolute atomic E-state index is 0.00351. The van der Waals surface area contributed by atoms with Crippen molar-refractivity contribution in [3.05, 3.63) is 0 Å². The highest BCUT2D eigenvalue weighted by molar-refractivity contribution is 5.82. The first-order valence-electron chi connectivity index (χ1n) is 8.95. The van der Waals surface area contributed by atoms with Gasteiger partial charge in [-0.15, -0.1) is 0 Å². The van der Waals surface area contributed by atoms with Crippen molar-refractivity contribution in [1.29, 1.82) is 0 Å². The fraction of sp³-hybridized carbons (Fsp3) is 0.882. The highest BCUT2D eigenvalue weighted by Crippen LogP contribution is 2.37. The van der Waals surface area contributed by atoms with Crippen molar-refractivity contribution in [2.24, 2.45) is 17.8 Å². The first-order valence-corrected chi connectivity index (χ1v) is 8.95. The zero-order valence-electron chi connectivity index (χ0n) is 13.6. The molecule has 3 aliphatic rings. The quantitative estimate of drug-likeness (QED) is 0.801. The van der Waals surface area contributed by atoms with Gasteiger partial charge in [0.15, 0.2) is 0 Å². The van der Waals surface area contributed by atoms with Crippen molar-refractivity contribution in [3.8, 4) is 0 Å². The molecule has 3 fully saturated rings. The summed E-state index contributed by atoms with van der Waals surface area (Å²) >= 11 is 0. The van der Waals surface area contributed by atoms with Gasteiger partial charge in [-0.25, -0.2) is 0 Å². The third kappa shape index (κ3) is 3.80. The molecule has 2 saturated heterocycles. The van der Waals surface area contributed by atoms with Gasteiger partial charge in [-0.05, 0) is 56.9 Å². The Balaban J connectivity index is 1.43. The molecule has 2 N–H and O–H groups in total. The lowest BCUT2D eigenvalue weighted by Gasteiger charge is -2.34. The van der Waals surface area contributed by atoms with Crippen molar-refractivity contribution in [1.82, 2.24) is 15.5 Å². The first-order chi connectivity index (χ1) is 10.6. The number of hydrogen-bond acceptors (Lipinski definition) is 3. The summed E-state index contributed by atoms with van der Waals surface area (Å²) in [6.45, 7) is 5.44. The van der Waals surface area contributed by atoms with Crippen LogP contribution in [0.4, 0.5) is 0 Å². The molecule has 0 aromatic rings. The molecule has 0 aromatic carbocycles. The molecule has 22 heavy (non-hydrogen) atoms. The molecule has 2 amide bonds. The molecule has 0 spiro atoms. The molecule has 0 unspecified atom stereocenters. The van der Waals surface area contributed by atoms with E-state index in [-0.39, 0.29) is 17.9 Å². The zero-order chi connectivity index (χ0) is 15.5. The maximum Gasteiger partial charge on any atom is 0.237 e. The standard InChI is InChI=1S/C17H29N3O2/c1-12(14-6-7-14)17(22)20-9-3-4-13(11-20)10-19-16(21)15-5-2-8-18-15/h12-15,18H,2-11H2,1H3,(H,19,21)/t12-,13+,15+/m0/s1. The van der Waals surface area contributed by atoms with E-state index in [4.69, 9.17) is 0 Å². The maximum atomic E-state index is 12.5. The number of likely N-dealkylation sites (tertiary alicyclic amines) is 1. The Hall–Kier alpha value is -1.10. The van der Waals surface area contributed by atoms with Crippen LogP contribution in [0.15, 0.2) is 0 Å². The van der Waals surface area contributed by atoms with Gasteiger partial charge in [0.05, 0.1) is 6.04 Å². The van der Waals surface area contributed by atoms with Gasteiger partial charge >= 0.3 is 0 Å². The summed E-state index contributed by atoms with van der Waals surface area (Å²) in [5.41, 5.74) is 0. The van der Waals surface area contributed by atoms with E-state index in [1.807, 2.05) is 4.90 Å². The highest BCUT2D eigenvalue weighted by Gasteiger charge is 2.36. The van der Waals surface area contributed by atoms with E-state index in [1.165, 1.54) is 12.8 Å². The van der Waals surface area contributed by atoms with Gasteiger partial charge < -0.3 is 15.5 Å². The number of nitrogens with zero attached hydrogens (tertiary/aromatic N) is 1. The van der Waals surface area contributed by atoms with E-state index in [0.29, 0.717) is 24.3 Å². The second kappa shape index (κ2) is 6.99. The van der Waals surface area contributed by atoms with E-state index >= 15 is 0 Å². The third-order valence-electron chi connectivity index (χ3n) is 5.49. The Labute approximate surface area is 133 Å². The van der Waals surface area contributed by atoms with Crippen LogP contribution in [-0.2, 0) is 9.59 Å². The normalized spacial score (nSPS) is 30.1. The van der Waals surface area contributed by atoms with Crippen LogP contribution in [0.1, 0.15) is 45.4 Å². The average Bonchev–Trinajstić information content (AvgIpc) is 3.25. The second-order valence-electron chi connectivity index (χ2n) is 7.31. The van der Waals surface area contributed by atoms with Gasteiger partial charge in [-0.3, -0.25) is 9.59 Å². The molecule has 0 bridgehead atoms. The number of nitrogens with one attached hydrogen (secondary N) is 2. The van der Waals surface area contributed by atoms with E-state index in [2.05, 4.69) is 17.6 Å². The number of rotatable bonds is 5. The zero-order valence-corrected chi connectivity index (χ0v) is 13.6. The number of hydrogen-bond donors (Lipinski definition) is 2. The van der Waals surface area contributed by atoms with Gasteiger partial charge in [0.1, 0.15) is 0 Å². The summed E-state index contributed by atoms with van der Waals surface area (Å²) in [6, 6.07) is -0.00351. The maximum absolute atomic E-state index is 12.5. The van der Waals surface area contributed by atoms with Crippen molar-refractivity contribution in [2.45, 2.75) is 51.5 Å². The summed E-state index contributed by atoms with van der Waals surface area (Å²) in [7, 11) is 0. The smallest absolute Gasteiger partial charge is 0.237 e. The van der Waals surface area contributed by atoms with E-state index < -0.39 is 0 Å². The summed E-state index contributed by atoms with van der Waals surface area (Å²) in [5.74, 6) is 1.69. The molecule has 2 aliphatic heterocycles. The summed E-state index contributed by atoms with van der Waals surface area (Å²) in [5, 5.41) is 6.31. The predicted octanol–water partition coefficient (Wildman–Crippen LogP) is 1.14. The van der Waals surface area contributed by atoms with Crippen LogP contribution in [0.2, 0.25) is 0 Å². The molecule has 1 saturated carbocycles. The van der Waals surface area contributed by atoms with Crippen LogP contribution in [0, 0.1) is 17.8 Å². The van der Waals surface area contributed by atoms with Crippen LogP contribution in [0.3, 0.4) is 0 Å². The number of carbonyl (C=O) groups is 2. The summed E-state index contributed by atoms with van der Waals surface area (Å²) in [4.78, 5) is 26.6. The number of piperidine rings is 1. The van der Waals surface area contributed by atoms with Gasteiger partial charge in [0.2, 0.25) is 11.8 Å². The molecule has 5 heteroatoms. The Morgan fingerprint density at radius 1 is 1.23 bits per heavy atom. The molecule has 2 heterocycles. The fourth-order valence-electron chi connectivity index (χ4n) is 3.79. The van der Waals surface area contributed by atoms with Crippen LogP contribution in [-0.4, -0.2) is 48.9 Å². The van der Waals surface area contributed by atoms with Crippen LogP contribution in [0.5, 0.6) is 0 Å². The Morgan fingerprint density at radius 2 is 2.05 bits per heavy atom. The Bertz CT molecular complexity index is 416. The first kappa shape index (κ1) is 15.8. The molecule has 3 atom stereocenters. The SMILES string of the molecule is C[C@H](C(=O)N1CCC[C@H](CNC(=O)[C@H]2CCCN2)C1)C1CC1. The lowest BCUT2D eigenvalue weighted by molar-refractivity contribution is -0.137. The molecule has 0 aromatic heterocycles. The largest absolute Gasteiger partial charge is 0.354 e. The number of amides is 2. The fourth-order valence-corrected chi connectivity index (χ4v) is 3.79. The van der Waals surface area contributed by atoms with Crippen LogP contribution in [0.25, 0.3) is 0 Å². The van der Waals surface area contributed by atoms with E-state index in [1.54, 1.807) is 0 Å². The average molecular weight is 307 g/mol. The predicted molar refractivity (Wildman–Crippen MR) is 85.2 cm³/mol. The lowest BCUT2D eigenvalue weighted by atomic mass is 9.95. The molecule has 3 rings (SSSR count). The van der Waals surface area contributed by atoms with Gasteiger partial charge in [-0.1, -0.05) is 6.92 Å². The van der Waals surface area contributed by atoms with Crippen molar-refractivity contribution < 1.29 is 9.59 Å². The van der Waals surface area contributed by atoms with Crippen LogP contribution >= 0.6 is 0 Å². The van der Waals surface area contributed by atoms with Crippen molar-refractivity contribution >= 4 is 11.8 Å². The Morgan fingerprint density at radius 3 is 2.73 bits per heavy atom. The van der Waals surface area contributed by atoms with Gasteiger partial charge in [0.25, 0.3) is 0 Å². The van der Waals surface area contributed by atoms with Crippen LogP contribution < -0.4 is 10.6 Å². The molecule has 1 aliphatic carbocycles. The molecule has 124 valence electrons. The molecule has 5 nitrogen and oxygen atoms in total. The second-order valence-corrected chi connectivity index (χ2v) is 7.31. The third-order valence-corrected chi connectivity index (χ3v) is 5.49. The monoisotopic (exact) mass is 307 g/mol. The molecular formula is C17H29N3O2.